The van der Waals surface area contributed by atoms with Gasteiger partial charge >= 0.3 is 5.97 Å². The second-order valence-corrected chi connectivity index (χ2v) is 9.08. The summed E-state index contributed by atoms with van der Waals surface area (Å²) >= 11 is 0. The molecule has 37 heavy (non-hydrogen) atoms. The van der Waals surface area contributed by atoms with Gasteiger partial charge in [0.05, 0.1) is 24.3 Å². The lowest BCUT2D eigenvalue weighted by Gasteiger charge is -2.25. The van der Waals surface area contributed by atoms with Gasteiger partial charge in [-0.25, -0.2) is 4.79 Å². The van der Waals surface area contributed by atoms with E-state index >= 15 is 0 Å². The number of ketones is 1. The number of carbonyl (C=O) groups excluding carboxylic acids is 3. The van der Waals surface area contributed by atoms with Crippen molar-refractivity contribution < 1.29 is 24.2 Å². The van der Waals surface area contributed by atoms with Gasteiger partial charge in [0.2, 0.25) is 0 Å². The number of H-pyrrole nitrogens is 1. The van der Waals surface area contributed by atoms with E-state index in [0.717, 1.165) is 22.0 Å². The number of aromatic nitrogens is 1. The van der Waals surface area contributed by atoms with Crippen molar-refractivity contribution in [2.24, 2.45) is 0 Å². The molecule has 1 atom stereocenters. The predicted octanol–water partition coefficient (Wildman–Crippen LogP) is 4.93. The summed E-state index contributed by atoms with van der Waals surface area (Å²) in [7, 11) is 1.30. The number of amides is 1. The van der Waals surface area contributed by atoms with Gasteiger partial charge in [-0.2, -0.15) is 0 Å². The zero-order valence-corrected chi connectivity index (χ0v) is 20.5. The van der Waals surface area contributed by atoms with Gasteiger partial charge in [-0.1, -0.05) is 60.2 Å². The topological polar surface area (TPSA) is 99.7 Å². The molecule has 4 aromatic rings. The Labute approximate surface area is 214 Å². The molecule has 3 aromatic carbocycles. The fourth-order valence-corrected chi connectivity index (χ4v) is 4.82. The van der Waals surface area contributed by atoms with Gasteiger partial charge in [0.25, 0.3) is 11.7 Å². The highest BCUT2D eigenvalue weighted by molar-refractivity contribution is 6.46. The molecule has 186 valence electrons. The number of aliphatic hydroxyl groups is 1. The van der Waals surface area contributed by atoms with Crippen LogP contribution in [0.25, 0.3) is 16.7 Å². The Hall–Kier alpha value is -4.65. The first-order valence-electron chi connectivity index (χ1n) is 12.0. The van der Waals surface area contributed by atoms with E-state index in [1.54, 1.807) is 36.4 Å². The molecule has 7 nitrogen and oxygen atoms in total. The van der Waals surface area contributed by atoms with Crippen LogP contribution in [-0.4, -0.2) is 46.3 Å². The summed E-state index contributed by atoms with van der Waals surface area (Å²) in [4.78, 5) is 43.3. The van der Waals surface area contributed by atoms with Gasteiger partial charge in [-0.15, -0.1) is 0 Å². The Balaban J connectivity index is 1.56. The Morgan fingerprint density at radius 1 is 0.973 bits per heavy atom. The van der Waals surface area contributed by atoms with Crippen LogP contribution in [0.5, 0.6) is 0 Å². The highest BCUT2D eigenvalue weighted by Crippen LogP contribution is 2.39. The number of carbonyl (C=O) groups is 3. The van der Waals surface area contributed by atoms with Crippen molar-refractivity contribution in [2.45, 2.75) is 19.4 Å². The first-order valence-corrected chi connectivity index (χ1v) is 12.0. The fraction of sp³-hybridized carbons (Fsp3) is 0.167. The summed E-state index contributed by atoms with van der Waals surface area (Å²) in [6, 6.07) is 20.8. The third-order valence-electron chi connectivity index (χ3n) is 6.81. The molecule has 2 heterocycles. The van der Waals surface area contributed by atoms with E-state index in [1.165, 1.54) is 12.0 Å². The molecule has 1 aromatic heterocycles. The minimum atomic E-state index is -0.807. The number of para-hydroxylation sites is 1. The molecule has 7 heteroatoms. The van der Waals surface area contributed by atoms with Crippen molar-refractivity contribution in [2.75, 3.05) is 13.7 Å². The second kappa shape index (κ2) is 9.78. The highest BCUT2D eigenvalue weighted by Gasteiger charge is 2.45. The van der Waals surface area contributed by atoms with Gasteiger partial charge in [0.15, 0.2) is 0 Å². The minimum absolute atomic E-state index is 0.0265. The number of nitrogens with zero attached hydrogens (tertiary/aromatic N) is 1. The van der Waals surface area contributed by atoms with Crippen molar-refractivity contribution in [3.63, 3.8) is 0 Å². The average molecular weight is 495 g/mol. The van der Waals surface area contributed by atoms with Crippen molar-refractivity contribution in [3.05, 3.63) is 112 Å². The number of nitrogens with one attached hydrogen (secondary N) is 1. The van der Waals surface area contributed by atoms with Crippen LogP contribution in [0.3, 0.4) is 0 Å². The Morgan fingerprint density at radius 2 is 1.65 bits per heavy atom. The van der Waals surface area contributed by atoms with E-state index in [4.69, 9.17) is 4.74 Å². The fourth-order valence-electron chi connectivity index (χ4n) is 4.82. The third kappa shape index (κ3) is 4.40. The number of aryl methyl sites for hydroxylation is 1. The SMILES string of the molecule is COC(=O)c1ccc(C2/C(=C(\O)c3ccc(C)cc3)C(=O)C(=O)N2CCc2c[nH]c3ccccc23)cc1. The Morgan fingerprint density at radius 3 is 2.35 bits per heavy atom. The Kier molecular flexibility index (Phi) is 6.36. The molecule has 1 unspecified atom stereocenters. The molecule has 1 saturated heterocycles. The van der Waals surface area contributed by atoms with Crippen LogP contribution in [0.2, 0.25) is 0 Å². The molecule has 5 rings (SSSR count). The maximum atomic E-state index is 13.3. The zero-order valence-electron chi connectivity index (χ0n) is 20.5. The number of rotatable bonds is 6. The first kappa shape index (κ1) is 24.1. The van der Waals surface area contributed by atoms with Crippen LogP contribution >= 0.6 is 0 Å². The van der Waals surface area contributed by atoms with Crippen LogP contribution in [0.1, 0.15) is 38.7 Å². The normalized spacial score (nSPS) is 16.9. The molecule has 1 fully saturated rings. The predicted molar refractivity (Wildman–Crippen MR) is 140 cm³/mol. The molecule has 0 radical (unpaired) electrons. The van der Waals surface area contributed by atoms with E-state index in [9.17, 15) is 19.5 Å². The molecule has 0 bridgehead atoms. The largest absolute Gasteiger partial charge is 0.507 e. The number of benzene rings is 3. The van der Waals surface area contributed by atoms with Crippen molar-refractivity contribution in [1.82, 2.24) is 9.88 Å². The standard InChI is InChI=1S/C30H26N2O5/c1-18-7-9-20(10-8-18)27(33)25-26(19-11-13-21(14-12-19)30(36)37-2)32(29(35)28(25)34)16-15-22-17-31-24-6-4-3-5-23(22)24/h3-14,17,26,31,33H,15-16H2,1-2H3/b27-25+. The van der Waals surface area contributed by atoms with Gasteiger partial charge < -0.3 is 19.7 Å². The molecule has 1 aliphatic rings. The number of hydrogen-bond donors (Lipinski definition) is 2. The summed E-state index contributed by atoms with van der Waals surface area (Å²) in [5, 5.41) is 12.3. The number of Topliss-reactive ketones (excluding diaryl/α,β-unsaturated/α-hetero) is 1. The molecule has 2 N–H and O–H groups in total. The average Bonchev–Trinajstić information content (AvgIpc) is 3.45. The van der Waals surface area contributed by atoms with E-state index in [0.29, 0.717) is 23.1 Å². The lowest BCUT2D eigenvalue weighted by atomic mass is 9.94. The van der Waals surface area contributed by atoms with Crippen LogP contribution < -0.4 is 0 Å². The number of likely N-dealkylation sites (tertiary alicyclic amines) is 1. The molecule has 0 aliphatic carbocycles. The van der Waals surface area contributed by atoms with Crippen molar-refractivity contribution >= 4 is 34.3 Å². The monoisotopic (exact) mass is 494 g/mol. The molecule has 0 spiro atoms. The van der Waals surface area contributed by atoms with Gasteiger partial charge in [-0.3, -0.25) is 9.59 Å². The summed E-state index contributed by atoms with van der Waals surface area (Å²) in [6.07, 6.45) is 2.42. The van der Waals surface area contributed by atoms with E-state index in [-0.39, 0.29) is 17.9 Å². The van der Waals surface area contributed by atoms with Crippen molar-refractivity contribution in [3.8, 4) is 0 Å². The number of aliphatic hydroxyl groups excluding tert-OH is 1. The van der Waals surface area contributed by atoms with E-state index in [1.807, 2.05) is 49.5 Å². The lowest BCUT2D eigenvalue weighted by molar-refractivity contribution is -0.139. The van der Waals surface area contributed by atoms with Crippen molar-refractivity contribution in [1.29, 1.82) is 0 Å². The van der Waals surface area contributed by atoms with Crippen LogP contribution in [0.15, 0.2) is 84.6 Å². The molecule has 0 saturated carbocycles. The van der Waals surface area contributed by atoms with Crippen LogP contribution in [-0.2, 0) is 20.7 Å². The van der Waals surface area contributed by atoms with Gasteiger partial charge in [-0.05, 0) is 42.7 Å². The van der Waals surface area contributed by atoms with E-state index in [2.05, 4.69) is 4.98 Å². The number of esters is 1. The summed E-state index contributed by atoms with van der Waals surface area (Å²) < 4.78 is 4.79. The lowest BCUT2D eigenvalue weighted by Crippen LogP contribution is -2.31. The third-order valence-corrected chi connectivity index (χ3v) is 6.81. The maximum absolute atomic E-state index is 13.3. The first-order chi connectivity index (χ1) is 17.9. The number of methoxy groups -OCH3 is 1. The number of aromatic amines is 1. The van der Waals surface area contributed by atoms with Gasteiger partial charge in [0, 0.05) is 29.2 Å². The second-order valence-electron chi connectivity index (χ2n) is 9.08. The number of hydrogen-bond acceptors (Lipinski definition) is 5. The summed E-state index contributed by atoms with van der Waals surface area (Å²) in [5.41, 5.74) is 4.46. The summed E-state index contributed by atoms with van der Waals surface area (Å²) in [6.45, 7) is 2.19. The molecule has 1 amide bonds. The Bertz CT molecular complexity index is 1530. The van der Waals surface area contributed by atoms with Crippen LogP contribution in [0.4, 0.5) is 0 Å². The quantitative estimate of drug-likeness (QED) is 0.171. The highest BCUT2D eigenvalue weighted by atomic mass is 16.5. The maximum Gasteiger partial charge on any atom is 0.337 e. The smallest absolute Gasteiger partial charge is 0.337 e. The van der Waals surface area contributed by atoms with Gasteiger partial charge in [0.1, 0.15) is 5.76 Å². The number of ether oxygens (including phenoxy) is 1. The van der Waals surface area contributed by atoms with E-state index < -0.39 is 23.7 Å². The minimum Gasteiger partial charge on any atom is -0.507 e. The molecular formula is C30H26N2O5. The summed E-state index contributed by atoms with van der Waals surface area (Å²) in [5.74, 6) is -2.12. The number of fused-ring (bicyclic) bond motifs is 1. The molecule has 1 aliphatic heterocycles. The van der Waals surface area contributed by atoms with Crippen LogP contribution in [0, 0.1) is 6.92 Å². The molecular weight excluding hydrogens is 468 g/mol. The zero-order chi connectivity index (χ0) is 26.1.